The molecule has 9 heavy (non-hydrogen) atoms. The van der Waals surface area contributed by atoms with E-state index in [0.717, 1.165) is 25.8 Å². The summed E-state index contributed by atoms with van der Waals surface area (Å²) in [6.45, 7) is 2.91. The summed E-state index contributed by atoms with van der Waals surface area (Å²) in [5.41, 5.74) is 5.45. The van der Waals surface area contributed by atoms with Gasteiger partial charge >= 0.3 is 0 Å². The van der Waals surface area contributed by atoms with Gasteiger partial charge in [0.25, 0.3) is 0 Å². The Morgan fingerprint density at radius 3 is 2.67 bits per heavy atom. The maximum Gasteiger partial charge on any atom is -0.00476 e. The van der Waals surface area contributed by atoms with E-state index in [0.29, 0.717) is 5.92 Å². The highest BCUT2D eigenvalue weighted by Gasteiger charge is 2.00. The maximum atomic E-state index is 6.78. The first-order chi connectivity index (χ1) is 4.35. The Labute approximate surface area is 57.0 Å². The fraction of sp³-hybridized carbons (Fsp3) is 0.857. The molecule has 0 aromatic heterocycles. The lowest BCUT2D eigenvalue weighted by Gasteiger charge is -2.08. The Hall–Kier alpha value is -0.370. The van der Waals surface area contributed by atoms with Crippen LogP contribution >= 0.6 is 0 Å². The molecule has 0 bridgehead atoms. The molecule has 0 radical (unpaired) electrons. The topological polar surface area (TPSA) is 49.9 Å². The summed E-state index contributed by atoms with van der Waals surface area (Å²) in [6.07, 6.45) is 4.56. The summed E-state index contributed by atoms with van der Waals surface area (Å²) in [7, 11) is 0. The SMILES string of the molecule is CCC(CN)CCC=N. The minimum absolute atomic E-state index is 0.631. The van der Waals surface area contributed by atoms with Crippen molar-refractivity contribution in [3.8, 4) is 0 Å². The molecule has 0 rings (SSSR count). The van der Waals surface area contributed by atoms with Crippen LogP contribution in [-0.2, 0) is 0 Å². The van der Waals surface area contributed by atoms with Gasteiger partial charge in [-0.2, -0.15) is 0 Å². The molecule has 2 nitrogen and oxygen atoms in total. The molecule has 1 atom stereocenters. The van der Waals surface area contributed by atoms with Crippen molar-refractivity contribution in [3.63, 3.8) is 0 Å². The fourth-order valence-electron chi connectivity index (χ4n) is 0.808. The van der Waals surface area contributed by atoms with Gasteiger partial charge < -0.3 is 11.1 Å². The van der Waals surface area contributed by atoms with Crippen molar-refractivity contribution in [1.29, 1.82) is 5.41 Å². The van der Waals surface area contributed by atoms with E-state index in [1.807, 2.05) is 0 Å². The third-order valence-corrected chi connectivity index (χ3v) is 1.63. The van der Waals surface area contributed by atoms with Crippen molar-refractivity contribution in [2.75, 3.05) is 6.54 Å². The van der Waals surface area contributed by atoms with Crippen molar-refractivity contribution >= 4 is 6.21 Å². The lowest BCUT2D eigenvalue weighted by molar-refractivity contribution is 0.493. The zero-order chi connectivity index (χ0) is 7.11. The Bertz CT molecular complexity index is 67.3. The quantitative estimate of drug-likeness (QED) is 0.540. The molecule has 0 saturated heterocycles. The second kappa shape index (κ2) is 5.76. The van der Waals surface area contributed by atoms with Crippen molar-refractivity contribution in [1.82, 2.24) is 0 Å². The summed E-state index contributed by atoms with van der Waals surface area (Å²) in [5.74, 6) is 0.631. The standard InChI is InChI=1S/C7H16N2/c1-2-7(6-9)4-3-5-8/h5,7-8H,2-4,6,9H2,1H3. The maximum absolute atomic E-state index is 6.78. The number of hydrogen-bond acceptors (Lipinski definition) is 2. The van der Waals surface area contributed by atoms with E-state index in [4.69, 9.17) is 11.1 Å². The minimum atomic E-state index is 0.631. The van der Waals surface area contributed by atoms with Gasteiger partial charge in [-0.3, -0.25) is 0 Å². The molecule has 0 aliphatic heterocycles. The molecule has 0 aliphatic rings. The van der Waals surface area contributed by atoms with Crippen molar-refractivity contribution in [3.05, 3.63) is 0 Å². The van der Waals surface area contributed by atoms with E-state index in [1.54, 1.807) is 0 Å². The third kappa shape index (κ3) is 4.15. The first-order valence-corrected chi connectivity index (χ1v) is 3.54. The van der Waals surface area contributed by atoms with Gasteiger partial charge in [0.15, 0.2) is 0 Å². The molecular weight excluding hydrogens is 112 g/mol. The minimum Gasteiger partial charge on any atom is -0.330 e. The molecule has 0 aromatic carbocycles. The fourth-order valence-corrected chi connectivity index (χ4v) is 0.808. The van der Waals surface area contributed by atoms with Crippen LogP contribution in [0.4, 0.5) is 0 Å². The summed E-state index contributed by atoms with van der Waals surface area (Å²) in [5, 5.41) is 6.78. The highest BCUT2D eigenvalue weighted by atomic mass is 14.5. The molecule has 0 fully saturated rings. The zero-order valence-corrected chi connectivity index (χ0v) is 6.06. The van der Waals surface area contributed by atoms with Crippen LogP contribution in [0.2, 0.25) is 0 Å². The number of hydrogen-bond donors (Lipinski definition) is 2. The average molecular weight is 128 g/mol. The number of nitrogens with two attached hydrogens (primary N) is 1. The summed E-state index contributed by atoms with van der Waals surface area (Å²) < 4.78 is 0. The molecule has 0 aliphatic carbocycles. The monoisotopic (exact) mass is 128 g/mol. The Balaban J connectivity index is 3.19. The van der Waals surface area contributed by atoms with E-state index >= 15 is 0 Å². The normalized spacial score (nSPS) is 13.1. The number of rotatable bonds is 5. The second-order valence-electron chi connectivity index (χ2n) is 2.29. The molecule has 0 heterocycles. The predicted octanol–water partition coefficient (Wildman–Crippen LogP) is 1.40. The summed E-state index contributed by atoms with van der Waals surface area (Å²) in [6, 6.07) is 0. The molecule has 3 N–H and O–H groups in total. The van der Waals surface area contributed by atoms with Gasteiger partial charge in [0.1, 0.15) is 0 Å². The van der Waals surface area contributed by atoms with Gasteiger partial charge in [0.2, 0.25) is 0 Å². The molecule has 1 unspecified atom stereocenters. The second-order valence-corrected chi connectivity index (χ2v) is 2.29. The zero-order valence-electron chi connectivity index (χ0n) is 6.06. The molecule has 0 amide bonds. The molecule has 0 spiro atoms. The van der Waals surface area contributed by atoms with E-state index in [-0.39, 0.29) is 0 Å². The van der Waals surface area contributed by atoms with Crippen molar-refractivity contribution < 1.29 is 0 Å². The van der Waals surface area contributed by atoms with Crippen LogP contribution < -0.4 is 5.73 Å². The Morgan fingerprint density at radius 2 is 2.33 bits per heavy atom. The van der Waals surface area contributed by atoms with E-state index in [9.17, 15) is 0 Å². The predicted molar refractivity (Wildman–Crippen MR) is 40.9 cm³/mol. The number of nitrogens with one attached hydrogen (secondary N) is 1. The van der Waals surface area contributed by atoms with Crippen LogP contribution in [0.25, 0.3) is 0 Å². The van der Waals surface area contributed by atoms with Gasteiger partial charge in [-0.15, -0.1) is 0 Å². The van der Waals surface area contributed by atoms with Gasteiger partial charge in [0, 0.05) is 0 Å². The van der Waals surface area contributed by atoms with Crippen LogP contribution in [0.5, 0.6) is 0 Å². The molecule has 2 heteroatoms. The highest BCUT2D eigenvalue weighted by Crippen LogP contribution is 2.06. The third-order valence-electron chi connectivity index (χ3n) is 1.63. The van der Waals surface area contributed by atoms with Crippen LogP contribution in [0.1, 0.15) is 26.2 Å². The van der Waals surface area contributed by atoms with Gasteiger partial charge in [-0.05, 0) is 31.5 Å². The van der Waals surface area contributed by atoms with Crippen LogP contribution in [-0.4, -0.2) is 12.8 Å². The smallest absolute Gasteiger partial charge is 0.00476 e. The van der Waals surface area contributed by atoms with E-state index in [1.165, 1.54) is 6.21 Å². The first kappa shape index (κ1) is 8.63. The van der Waals surface area contributed by atoms with E-state index in [2.05, 4.69) is 6.92 Å². The summed E-state index contributed by atoms with van der Waals surface area (Å²) >= 11 is 0. The lowest BCUT2D eigenvalue weighted by atomic mass is 10.0. The van der Waals surface area contributed by atoms with Crippen LogP contribution in [0.3, 0.4) is 0 Å². The van der Waals surface area contributed by atoms with Gasteiger partial charge in [-0.1, -0.05) is 13.3 Å². The summed E-state index contributed by atoms with van der Waals surface area (Å²) in [4.78, 5) is 0. The average Bonchev–Trinajstić information content (AvgIpc) is 1.91. The Morgan fingerprint density at radius 1 is 1.67 bits per heavy atom. The largest absolute Gasteiger partial charge is 0.330 e. The molecule has 54 valence electrons. The van der Waals surface area contributed by atoms with E-state index < -0.39 is 0 Å². The van der Waals surface area contributed by atoms with Gasteiger partial charge in [-0.25, -0.2) is 0 Å². The van der Waals surface area contributed by atoms with Crippen molar-refractivity contribution in [2.45, 2.75) is 26.2 Å². The van der Waals surface area contributed by atoms with Crippen LogP contribution in [0, 0.1) is 11.3 Å². The molecule has 0 aromatic rings. The highest BCUT2D eigenvalue weighted by molar-refractivity contribution is 5.52. The molecular formula is C7H16N2. The lowest BCUT2D eigenvalue weighted by Crippen LogP contribution is -2.13. The molecule has 0 saturated carbocycles. The Kier molecular flexibility index (Phi) is 5.52. The van der Waals surface area contributed by atoms with Crippen molar-refractivity contribution in [2.24, 2.45) is 11.7 Å². The van der Waals surface area contributed by atoms with Gasteiger partial charge in [0.05, 0.1) is 0 Å². The van der Waals surface area contributed by atoms with Crippen LogP contribution in [0.15, 0.2) is 0 Å². The first-order valence-electron chi connectivity index (χ1n) is 3.54.